The van der Waals surface area contributed by atoms with Crippen LogP contribution in [0.5, 0.6) is 0 Å². The van der Waals surface area contributed by atoms with Crippen LogP contribution in [0.4, 0.5) is 10.1 Å². The van der Waals surface area contributed by atoms with Gasteiger partial charge in [0.05, 0.1) is 0 Å². The van der Waals surface area contributed by atoms with Crippen LogP contribution in [0.3, 0.4) is 0 Å². The Bertz CT molecular complexity index is 968. The average Bonchev–Trinajstić information content (AvgIpc) is 3.01. The molecule has 0 bridgehead atoms. The molecule has 0 spiro atoms. The summed E-state index contributed by atoms with van der Waals surface area (Å²) in [6, 6.07) is 11.6. The summed E-state index contributed by atoms with van der Waals surface area (Å²) in [5.41, 5.74) is 1.62. The summed E-state index contributed by atoms with van der Waals surface area (Å²) in [5.74, 6) is -0.966. The van der Waals surface area contributed by atoms with Gasteiger partial charge in [-0.25, -0.2) is 9.18 Å². The lowest BCUT2D eigenvalue weighted by atomic mass is 10.1. The Hall–Kier alpha value is -2.74. The van der Waals surface area contributed by atoms with Gasteiger partial charge in [0.15, 0.2) is 5.82 Å². The molecule has 1 amide bonds. The smallest absolute Gasteiger partial charge is 0.326 e. The molecule has 1 aromatic heterocycles. The van der Waals surface area contributed by atoms with Crippen molar-refractivity contribution in [1.29, 1.82) is 0 Å². The number of rotatable bonds is 5. The second-order valence-corrected chi connectivity index (χ2v) is 6.22. The summed E-state index contributed by atoms with van der Waals surface area (Å²) < 4.78 is 18.9. The van der Waals surface area contributed by atoms with Crippen LogP contribution in [0, 0.1) is 5.82 Å². The number of carbonyl (C=O) groups excluding carboxylic acids is 1. The first-order valence-corrected chi connectivity index (χ1v) is 8.21. The first kappa shape index (κ1) is 17.1. The van der Waals surface area contributed by atoms with Crippen LogP contribution in [0.1, 0.15) is 12.0 Å². The van der Waals surface area contributed by atoms with Crippen molar-refractivity contribution in [2.75, 3.05) is 5.32 Å². The van der Waals surface area contributed by atoms with E-state index in [0.29, 0.717) is 27.7 Å². The van der Waals surface area contributed by atoms with E-state index in [1.165, 1.54) is 6.07 Å². The quantitative estimate of drug-likeness (QED) is 0.679. The number of hydrogen-bond donors (Lipinski definition) is 2. The van der Waals surface area contributed by atoms with Gasteiger partial charge in [0, 0.05) is 22.1 Å². The van der Waals surface area contributed by atoms with Gasteiger partial charge in [-0.3, -0.25) is 14.3 Å². The number of benzene rings is 2. The molecule has 8 heteroatoms. The molecule has 2 aromatic carbocycles. The molecule has 3 aromatic rings. The topological polar surface area (TPSA) is 88.0 Å². The lowest BCUT2D eigenvalue weighted by Gasteiger charge is -2.07. The number of halogens is 2. The fourth-order valence-electron chi connectivity index (χ4n) is 2.29. The van der Waals surface area contributed by atoms with Gasteiger partial charge < -0.3 is 5.32 Å². The zero-order valence-electron chi connectivity index (χ0n) is 12.9. The summed E-state index contributed by atoms with van der Waals surface area (Å²) in [7, 11) is 0. The van der Waals surface area contributed by atoms with Crippen molar-refractivity contribution in [1.82, 2.24) is 10.1 Å². The van der Waals surface area contributed by atoms with Crippen LogP contribution < -0.4 is 11.1 Å². The average molecular weight is 406 g/mol. The first-order chi connectivity index (χ1) is 12.0. The predicted octanol–water partition coefficient (Wildman–Crippen LogP) is 3.50. The van der Waals surface area contributed by atoms with E-state index in [-0.39, 0.29) is 24.0 Å². The molecule has 6 nitrogen and oxygen atoms in total. The van der Waals surface area contributed by atoms with Gasteiger partial charge in [-0.2, -0.15) is 0 Å². The molecule has 0 saturated carbocycles. The third-order valence-corrected chi connectivity index (χ3v) is 3.99. The van der Waals surface area contributed by atoms with Crippen LogP contribution in [0.2, 0.25) is 0 Å². The molecular weight excluding hydrogens is 393 g/mol. The number of carbonyl (C=O) groups is 1. The van der Waals surface area contributed by atoms with Gasteiger partial charge >= 0.3 is 5.76 Å². The van der Waals surface area contributed by atoms with E-state index in [9.17, 15) is 14.0 Å². The number of aromatic nitrogens is 2. The highest BCUT2D eigenvalue weighted by molar-refractivity contribution is 9.10. The molecule has 0 atom stereocenters. The third kappa shape index (κ3) is 4.42. The Morgan fingerprint density at radius 3 is 2.84 bits per heavy atom. The number of nitrogens with zero attached hydrogens (tertiary/aromatic N) is 1. The second-order valence-electron chi connectivity index (χ2n) is 5.31. The van der Waals surface area contributed by atoms with Gasteiger partial charge in [0.1, 0.15) is 5.82 Å². The standard InChI is InChI=1S/C17H13BrFN3O3/c18-12-6-4-10(14(19)9-12)5-7-15(23)20-13-3-1-2-11(8-13)16-21-17(24)25-22-16/h1-4,6,8-9H,5,7H2,(H,20,23)(H,21,22,24). The normalized spacial score (nSPS) is 10.6. The molecule has 0 saturated heterocycles. The number of nitrogens with one attached hydrogen (secondary N) is 2. The van der Waals surface area contributed by atoms with E-state index < -0.39 is 5.76 Å². The minimum Gasteiger partial charge on any atom is -0.326 e. The molecule has 0 aliphatic heterocycles. The summed E-state index contributed by atoms with van der Waals surface area (Å²) in [4.78, 5) is 25.5. The summed E-state index contributed by atoms with van der Waals surface area (Å²) >= 11 is 3.19. The van der Waals surface area contributed by atoms with Crippen LogP contribution in [-0.4, -0.2) is 16.0 Å². The second kappa shape index (κ2) is 7.43. The fourth-order valence-corrected chi connectivity index (χ4v) is 2.63. The highest BCUT2D eigenvalue weighted by Crippen LogP contribution is 2.19. The molecule has 2 N–H and O–H groups in total. The van der Waals surface area contributed by atoms with Crippen molar-refractivity contribution in [3.63, 3.8) is 0 Å². The van der Waals surface area contributed by atoms with E-state index in [0.717, 1.165) is 0 Å². The molecule has 3 rings (SSSR count). The number of aromatic amines is 1. The maximum absolute atomic E-state index is 13.8. The Balaban J connectivity index is 1.64. The van der Waals surface area contributed by atoms with Crippen molar-refractivity contribution in [2.24, 2.45) is 0 Å². The van der Waals surface area contributed by atoms with Gasteiger partial charge in [-0.1, -0.05) is 39.3 Å². The van der Waals surface area contributed by atoms with E-state index >= 15 is 0 Å². The number of hydrogen-bond acceptors (Lipinski definition) is 4. The lowest BCUT2D eigenvalue weighted by Crippen LogP contribution is -2.12. The van der Waals surface area contributed by atoms with Gasteiger partial charge in [0.25, 0.3) is 0 Å². The van der Waals surface area contributed by atoms with Crippen molar-refractivity contribution < 1.29 is 13.7 Å². The highest BCUT2D eigenvalue weighted by atomic mass is 79.9. The minimum absolute atomic E-state index is 0.142. The number of amides is 1. The van der Waals surface area contributed by atoms with E-state index in [1.54, 1.807) is 36.4 Å². The van der Waals surface area contributed by atoms with Crippen molar-refractivity contribution in [3.05, 3.63) is 68.9 Å². The molecular formula is C17H13BrFN3O3. The van der Waals surface area contributed by atoms with E-state index in [2.05, 4.69) is 35.9 Å². The van der Waals surface area contributed by atoms with Crippen LogP contribution in [0.15, 0.2) is 56.3 Å². The van der Waals surface area contributed by atoms with Gasteiger partial charge in [-0.15, -0.1) is 0 Å². The number of H-pyrrole nitrogens is 1. The maximum Gasteiger partial charge on any atom is 0.439 e. The Morgan fingerprint density at radius 2 is 2.12 bits per heavy atom. The molecule has 25 heavy (non-hydrogen) atoms. The number of anilines is 1. The zero-order valence-corrected chi connectivity index (χ0v) is 14.5. The Labute approximate surface area is 150 Å². The maximum atomic E-state index is 13.8. The zero-order chi connectivity index (χ0) is 17.8. The Morgan fingerprint density at radius 1 is 1.28 bits per heavy atom. The van der Waals surface area contributed by atoms with Crippen molar-refractivity contribution in [2.45, 2.75) is 12.8 Å². The van der Waals surface area contributed by atoms with Crippen LogP contribution >= 0.6 is 15.9 Å². The van der Waals surface area contributed by atoms with Gasteiger partial charge in [0.2, 0.25) is 5.91 Å². The van der Waals surface area contributed by atoms with E-state index in [4.69, 9.17) is 0 Å². The molecule has 0 unspecified atom stereocenters. The fraction of sp³-hybridized carbons (Fsp3) is 0.118. The summed E-state index contributed by atoms with van der Waals surface area (Å²) in [5, 5.41) is 6.34. The van der Waals surface area contributed by atoms with Crippen molar-refractivity contribution >= 4 is 27.5 Å². The molecule has 0 fully saturated rings. The van der Waals surface area contributed by atoms with Crippen LogP contribution in [-0.2, 0) is 11.2 Å². The third-order valence-electron chi connectivity index (χ3n) is 3.50. The lowest BCUT2D eigenvalue weighted by molar-refractivity contribution is -0.116. The molecule has 0 radical (unpaired) electrons. The monoisotopic (exact) mass is 405 g/mol. The molecule has 1 heterocycles. The number of aryl methyl sites for hydroxylation is 1. The van der Waals surface area contributed by atoms with E-state index in [1.807, 2.05) is 0 Å². The Kier molecular flexibility index (Phi) is 5.08. The minimum atomic E-state index is -0.652. The highest BCUT2D eigenvalue weighted by Gasteiger charge is 2.09. The van der Waals surface area contributed by atoms with Gasteiger partial charge in [-0.05, 0) is 36.2 Å². The van der Waals surface area contributed by atoms with Crippen LogP contribution in [0.25, 0.3) is 11.4 Å². The summed E-state index contributed by atoms with van der Waals surface area (Å²) in [6.45, 7) is 0. The first-order valence-electron chi connectivity index (χ1n) is 7.41. The molecule has 0 aliphatic rings. The largest absolute Gasteiger partial charge is 0.439 e. The summed E-state index contributed by atoms with van der Waals surface area (Å²) in [6.07, 6.45) is 0.435. The molecule has 128 valence electrons. The molecule has 0 aliphatic carbocycles. The van der Waals surface area contributed by atoms with Crippen molar-refractivity contribution in [3.8, 4) is 11.4 Å². The predicted molar refractivity (Wildman–Crippen MR) is 93.6 cm³/mol. The SMILES string of the molecule is O=C(CCc1ccc(Br)cc1F)Nc1cccc(-c2noc(=O)[nH]2)c1.